The van der Waals surface area contributed by atoms with Crippen LogP contribution in [0.4, 0.5) is 0 Å². The molecule has 1 aromatic heterocycles. The Bertz CT molecular complexity index is 920. The van der Waals surface area contributed by atoms with E-state index in [-0.39, 0.29) is 17.6 Å². The van der Waals surface area contributed by atoms with Crippen LogP contribution in [0.3, 0.4) is 0 Å². The quantitative estimate of drug-likeness (QED) is 0.891. The number of carbonyl (C=O) groups excluding carboxylic acids is 1. The molecule has 2 N–H and O–H groups in total. The van der Waals surface area contributed by atoms with E-state index in [1.54, 1.807) is 11.3 Å². The lowest BCUT2D eigenvalue weighted by Crippen LogP contribution is -2.29. The molecule has 1 aliphatic carbocycles. The van der Waals surface area contributed by atoms with Crippen molar-refractivity contribution in [2.24, 2.45) is 5.73 Å². The lowest BCUT2D eigenvalue weighted by Gasteiger charge is -2.33. The van der Waals surface area contributed by atoms with E-state index in [9.17, 15) is 10.1 Å². The summed E-state index contributed by atoms with van der Waals surface area (Å²) in [5, 5.41) is 11.6. The zero-order valence-electron chi connectivity index (χ0n) is 13.4. The van der Waals surface area contributed by atoms with Gasteiger partial charge in [-0.05, 0) is 17.0 Å². The molecule has 5 heteroatoms. The lowest BCUT2D eigenvalue weighted by atomic mass is 9.75. The number of nitrogens with zero attached hydrogens (tertiary/aromatic N) is 1. The van der Waals surface area contributed by atoms with Crippen molar-refractivity contribution >= 4 is 17.1 Å². The summed E-state index contributed by atoms with van der Waals surface area (Å²) in [4.78, 5) is 14.2. The summed E-state index contributed by atoms with van der Waals surface area (Å²) in [6, 6.07) is 15.7. The Morgan fingerprint density at radius 3 is 2.64 bits per heavy atom. The van der Waals surface area contributed by atoms with Crippen LogP contribution in [-0.2, 0) is 9.53 Å². The number of nitriles is 1. The summed E-state index contributed by atoms with van der Waals surface area (Å²) in [6.45, 7) is 0. The highest BCUT2D eigenvalue weighted by molar-refractivity contribution is 7.10. The van der Waals surface area contributed by atoms with E-state index in [1.165, 1.54) is 4.88 Å². The van der Waals surface area contributed by atoms with Gasteiger partial charge >= 0.3 is 0 Å². The first-order valence-electron chi connectivity index (χ1n) is 8.11. The number of carbonyl (C=O) groups is 1. The Morgan fingerprint density at radius 2 is 1.96 bits per heavy atom. The summed E-state index contributed by atoms with van der Waals surface area (Å²) in [6.07, 6.45) is 1.06. The molecule has 2 aliphatic rings. The Morgan fingerprint density at radius 1 is 1.16 bits per heavy atom. The predicted octanol–water partition coefficient (Wildman–Crippen LogP) is 3.96. The minimum absolute atomic E-state index is 0.0359. The van der Waals surface area contributed by atoms with Crippen LogP contribution in [0.2, 0.25) is 0 Å². The van der Waals surface area contributed by atoms with Gasteiger partial charge in [0.15, 0.2) is 5.78 Å². The van der Waals surface area contributed by atoms with Crippen LogP contribution in [0, 0.1) is 11.3 Å². The number of hydrogen-bond donors (Lipinski definition) is 1. The van der Waals surface area contributed by atoms with Crippen LogP contribution in [0.5, 0.6) is 0 Å². The number of allylic oxidation sites excluding steroid dienone is 3. The van der Waals surface area contributed by atoms with Gasteiger partial charge in [-0.25, -0.2) is 0 Å². The Labute approximate surface area is 149 Å². The van der Waals surface area contributed by atoms with Crippen LogP contribution >= 0.6 is 11.3 Å². The van der Waals surface area contributed by atoms with E-state index in [0.717, 1.165) is 5.56 Å². The average Bonchev–Trinajstić information content (AvgIpc) is 3.16. The summed E-state index contributed by atoms with van der Waals surface area (Å²) in [7, 11) is 0. The van der Waals surface area contributed by atoms with Crippen molar-refractivity contribution in [3.63, 3.8) is 0 Å². The third kappa shape index (κ3) is 2.65. The molecule has 25 heavy (non-hydrogen) atoms. The van der Waals surface area contributed by atoms with Crippen molar-refractivity contribution < 1.29 is 9.53 Å². The van der Waals surface area contributed by atoms with Crippen LogP contribution in [0.25, 0.3) is 0 Å². The van der Waals surface area contributed by atoms with Crippen LogP contribution < -0.4 is 5.73 Å². The van der Waals surface area contributed by atoms with E-state index < -0.39 is 5.92 Å². The second-order valence-corrected chi connectivity index (χ2v) is 7.20. The van der Waals surface area contributed by atoms with Gasteiger partial charge in [-0.3, -0.25) is 4.79 Å². The minimum Gasteiger partial charge on any atom is -0.444 e. The fraction of sp³-hybridized carbons (Fsp3) is 0.200. The number of nitrogens with two attached hydrogens (primary N) is 1. The largest absolute Gasteiger partial charge is 0.444 e. The highest BCUT2D eigenvalue weighted by Gasteiger charge is 2.40. The second-order valence-electron chi connectivity index (χ2n) is 6.22. The average molecular weight is 348 g/mol. The maximum absolute atomic E-state index is 13.0. The first kappa shape index (κ1) is 15.7. The van der Waals surface area contributed by atoms with Gasteiger partial charge in [0.25, 0.3) is 0 Å². The standard InChI is InChI=1S/C20H16N2O2S/c21-11-14-18(12-5-2-1-3-6-12)19-15(23)9-13(17-7-4-8-25-17)10-16(19)24-20(14)22/h1-8,13,18H,9-10,22H2/t13-,18-/m1/s1. The van der Waals surface area contributed by atoms with Gasteiger partial charge < -0.3 is 10.5 Å². The normalized spacial score (nSPS) is 23.1. The maximum atomic E-state index is 13.0. The molecule has 1 aromatic carbocycles. The number of ketones is 1. The Balaban J connectivity index is 1.80. The van der Waals surface area contributed by atoms with E-state index >= 15 is 0 Å². The number of Topliss-reactive ketones (excluding diaryl/α,β-unsaturated/α-hetero) is 1. The number of benzene rings is 1. The highest BCUT2D eigenvalue weighted by atomic mass is 32.1. The SMILES string of the molecule is N#CC1=C(N)OC2=C(C(=O)C[C@@H](c3cccs3)C2)[C@@H]1c1ccccc1. The zero-order valence-corrected chi connectivity index (χ0v) is 14.3. The monoisotopic (exact) mass is 348 g/mol. The Hall–Kier alpha value is -2.84. The summed E-state index contributed by atoms with van der Waals surface area (Å²) in [5.74, 6) is 0.425. The molecule has 4 rings (SSSR count). The van der Waals surface area contributed by atoms with Crippen molar-refractivity contribution in [1.82, 2.24) is 0 Å². The van der Waals surface area contributed by atoms with Gasteiger partial charge in [0.05, 0.1) is 5.92 Å². The van der Waals surface area contributed by atoms with Crippen molar-refractivity contribution in [2.45, 2.75) is 24.7 Å². The molecule has 0 radical (unpaired) electrons. The number of thiophene rings is 1. The summed E-state index contributed by atoms with van der Waals surface area (Å²) >= 11 is 1.65. The number of hydrogen-bond acceptors (Lipinski definition) is 5. The second kappa shape index (κ2) is 6.23. The topological polar surface area (TPSA) is 76.1 Å². The lowest BCUT2D eigenvalue weighted by molar-refractivity contribution is -0.117. The number of rotatable bonds is 2. The first-order valence-corrected chi connectivity index (χ1v) is 8.99. The summed E-state index contributed by atoms with van der Waals surface area (Å²) < 4.78 is 5.74. The summed E-state index contributed by atoms with van der Waals surface area (Å²) in [5.41, 5.74) is 7.82. The fourth-order valence-electron chi connectivity index (χ4n) is 3.61. The molecular weight excluding hydrogens is 332 g/mol. The van der Waals surface area contributed by atoms with Crippen molar-refractivity contribution in [1.29, 1.82) is 5.26 Å². The van der Waals surface area contributed by atoms with Gasteiger partial charge in [-0.15, -0.1) is 11.3 Å². The van der Waals surface area contributed by atoms with Gasteiger partial charge in [-0.2, -0.15) is 5.26 Å². The minimum atomic E-state index is -0.438. The van der Waals surface area contributed by atoms with Crippen LogP contribution in [0.1, 0.15) is 35.1 Å². The van der Waals surface area contributed by atoms with Gasteiger partial charge in [0.2, 0.25) is 5.88 Å². The van der Waals surface area contributed by atoms with Crippen LogP contribution in [0.15, 0.2) is 70.6 Å². The molecule has 0 spiro atoms. The molecule has 1 aliphatic heterocycles. The van der Waals surface area contributed by atoms with E-state index in [2.05, 4.69) is 6.07 Å². The smallest absolute Gasteiger partial charge is 0.205 e. The molecule has 0 saturated carbocycles. The third-order valence-electron chi connectivity index (χ3n) is 4.74. The van der Waals surface area contributed by atoms with E-state index in [1.807, 2.05) is 47.8 Å². The first-order chi connectivity index (χ1) is 12.2. The predicted molar refractivity (Wildman–Crippen MR) is 95.4 cm³/mol. The molecule has 0 amide bonds. The van der Waals surface area contributed by atoms with Gasteiger partial charge in [0.1, 0.15) is 17.4 Å². The van der Waals surface area contributed by atoms with E-state index in [0.29, 0.717) is 29.7 Å². The molecule has 2 atom stereocenters. The van der Waals surface area contributed by atoms with E-state index in [4.69, 9.17) is 10.5 Å². The van der Waals surface area contributed by atoms with Gasteiger partial charge in [0, 0.05) is 29.2 Å². The van der Waals surface area contributed by atoms with Crippen LogP contribution in [-0.4, -0.2) is 5.78 Å². The van der Waals surface area contributed by atoms with Crippen molar-refractivity contribution in [3.8, 4) is 6.07 Å². The molecule has 124 valence electrons. The van der Waals surface area contributed by atoms with Crippen molar-refractivity contribution in [3.05, 3.63) is 81.1 Å². The number of ether oxygens (including phenoxy) is 1. The highest BCUT2D eigenvalue weighted by Crippen LogP contribution is 2.47. The molecule has 0 bridgehead atoms. The third-order valence-corrected chi connectivity index (χ3v) is 5.77. The van der Waals surface area contributed by atoms with Gasteiger partial charge in [-0.1, -0.05) is 36.4 Å². The molecule has 2 heterocycles. The molecule has 2 aromatic rings. The maximum Gasteiger partial charge on any atom is 0.205 e. The van der Waals surface area contributed by atoms with Crippen molar-refractivity contribution in [2.75, 3.05) is 0 Å². The zero-order chi connectivity index (χ0) is 17.4. The molecule has 0 unspecified atom stereocenters. The molecule has 4 nitrogen and oxygen atoms in total. The Kier molecular flexibility index (Phi) is 3.90. The molecule has 0 fully saturated rings. The molecular formula is C20H16N2O2S. The fourth-order valence-corrected chi connectivity index (χ4v) is 4.44. The molecule has 0 saturated heterocycles.